The summed E-state index contributed by atoms with van der Waals surface area (Å²) in [7, 11) is 0. The molecule has 0 saturated carbocycles. The molecule has 1 aromatic rings. The lowest BCUT2D eigenvalue weighted by molar-refractivity contribution is -0.144. The molecule has 0 unspecified atom stereocenters. The molecule has 0 aliphatic carbocycles. The lowest BCUT2D eigenvalue weighted by Gasteiger charge is -2.07. The van der Waals surface area contributed by atoms with Gasteiger partial charge in [0.15, 0.2) is 0 Å². The molecule has 8 heteroatoms. The second-order valence-corrected chi connectivity index (χ2v) is 4.05. The van der Waals surface area contributed by atoms with Crippen LogP contribution in [0.15, 0.2) is 10.9 Å². The van der Waals surface area contributed by atoms with Gasteiger partial charge in [0.2, 0.25) is 5.91 Å². The number of halogens is 3. The number of aromatic nitrogens is 2. The van der Waals surface area contributed by atoms with E-state index in [1.54, 1.807) is 6.92 Å². The van der Waals surface area contributed by atoms with Crippen molar-refractivity contribution in [1.82, 2.24) is 15.3 Å². The molecule has 0 fully saturated rings. The van der Waals surface area contributed by atoms with Crippen LogP contribution in [0.25, 0.3) is 0 Å². The van der Waals surface area contributed by atoms with E-state index in [0.717, 1.165) is 0 Å². The third-order valence-corrected chi connectivity index (χ3v) is 2.24. The largest absolute Gasteiger partial charge is 0.389 e. The van der Waals surface area contributed by atoms with Crippen LogP contribution in [0.5, 0.6) is 0 Å². The number of aryl methyl sites for hydroxylation is 1. The van der Waals surface area contributed by atoms with Gasteiger partial charge in [-0.2, -0.15) is 13.2 Å². The zero-order chi connectivity index (χ0) is 14.5. The van der Waals surface area contributed by atoms with Crippen LogP contribution in [-0.4, -0.2) is 28.6 Å². The summed E-state index contributed by atoms with van der Waals surface area (Å²) in [5, 5.41) is 2.34. The predicted octanol–water partition coefficient (Wildman–Crippen LogP) is 1.08. The quantitative estimate of drug-likeness (QED) is 0.845. The van der Waals surface area contributed by atoms with Crippen molar-refractivity contribution in [3.05, 3.63) is 27.9 Å². The molecule has 0 atom stereocenters. The number of rotatable bonds is 5. The molecule has 19 heavy (non-hydrogen) atoms. The molecule has 1 amide bonds. The fourth-order valence-corrected chi connectivity index (χ4v) is 1.42. The van der Waals surface area contributed by atoms with Gasteiger partial charge >= 0.3 is 6.18 Å². The molecule has 1 heterocycles. The number of aromatic amines is 1. The summed E-state index contributed by atoms with van der Waals surface area (Å²) in [6, 6.07) is 1.32. The van der Waals surface area contributed by atoms with Crippen LogP contribution in [0.1, 0.15) is 24.4 Å². The third-order valence-electron chi connectivity index (χ3n) is 2.24. The SMILES string of the molecule is Cc1cc(=O)[nH]c(CCNC(=O)CCC(F)(F)F)n1. The Morgan fingerprint density at radius 1 is 1.47 bits per heavy atom. The normalized spacial score (nSPS) is 11.4. The zero-order valence-corrected chi connectivity index (χ0v) is 10.3. The smallest absolute Gasteiger partial charge is 0.356 e. The van der Waals surface area contributed by atoms with Crippen LogP contribution in [0, 0.1) is 6.92 Å². The molecular weight excluding hydrogens is 263 g/mol. The molecule has 1 rings (SSSR count). The van der Waals surface area contributed by atoms with E-state index >= 15 is 0 Å². The first-order valence-corrected chi connectivity index (χ1v) is 5.66. The van der Waals surface area contributed by atoms with Crippen LogP contribution in [-0.2, 0) is 11.2 Å². The highest BCUT2D eigenvalue weighted by molar-refractivity contribution is 5.75. The lowest BCUT2D eigenvalue weighted by atomic mass is 10.3. The Balaban J connectivity index is 2.34. The number of alkyl halides is 3. The van der Waals surface area contributed by atoms with Crippen LogP contribution in [0.4, 0.5) is 13.2 Å². The van der Waals surface area contributed by atoms with Crippen LogP contribution in [0.3, 0.4) is 0 Å². The van der Waals surface area contributed by atoms with Gasteiger partial charge < -0.3 is 10.3 Å². The van der Waals surface area contributed by atoms with Crippen molar-refractivity contribution in [2.75, 3.05) is 6.54 Å². The number of hydrogen-bond donors (Lipinski definition) is 2. The van der Waals surface area contributed by atoms with Crippen molar-refractivity contribution in [1.29, 1.82) is 0 Å². The minimum absolute atomic E-state index is 0.128. The van der Waals surface area contributed by atoms with Crippen molar-refractivity contribution in [2.45, 2.75) is 32.4 Å². The van der Waals surface area contributed by atoms with Crippen LogP contribution < -0.4 is 10.9 Å². The van der Waals surface area contributed by atoms with Gasteiger partial charge in [0.1, 0.15) is 5.82 Å². The average Bonchev–Trinajstić information content (AvgIpc) is 2.24. The van der Waals surface area contributed by atoms with E-state index < -0.39 is 24.9 Å². The van der Waals surface area contributed by atoms with Crippen LogP contribution >= 0.6 is 0 Å². The van der Waals surface area contributed by atoms with Crippen molar-refractivity contribution in [3.63, 3.8) is 0 Å². The number of hydrogen-bond acceptors (Lipinski definition) is 3. The fourth-order valence-electron chi connectivity index (χ4n) is 1.42. The average molecular weight is 277 g/mol. The molecule has 0 aliphatic heterocycles. The fraction of sp³-hybridized carbons (Fsp3) is 0.545. The first-order chi connectivity index (χ1) is 8.76. The number of nitrogens with zero attached hydrogens (tertiary/aromatic N) is 1. The van der Waals surface area contributed by atoms with Gasteiger partial charge in [-0.1, -0.05) is 0 Å². The summed E-state index contributed by atoms with van der Waals surface area (Å²) >= 11 is 0. The molecular formula is C11H14F3N3O2. The molecule has 0 saturated heterocycles. The Kier molecular flexibility index (Phi) is 5.08. The van der Waals surface area contributed by atoms with Gasteiger partial charge in [-0.3, -0.25) is 9.59 Å². The summed E-state index contributed by atoms with van der Waals surface area (Å²) in [4.78, 5) is 28.7. The first-order valence-electron chi connectivity index (χ1n) is 5.66. The van der Waals surface area contributed by atoms with Gasteiger partial charge in [0, 0.05) is 31.1 Å². The van der Waals surface area contributed by atoms with Crippen LogP contribution in [0.2, 0.25) is 0 Å². The minimum atomic E-state index is -4.33. The molecule has 0 spiro atoms. The van der Waals surface area contributed by atoms with Crippen molar-refractivity contribution >= 4 is 5.91 Å². The van der Waals surface area contributed by atoms with Crippen molar-refractivity contribution < 1.29 is 18.0 Å². The number of carbonyl (C=O) groups is 1. The number of carbonyl (C=O) groups excluding carboxylic acids is 1. The van der Waals surface area contributed by atoms with Crippen molar-refractivity contribution in [2.24, 2.45) is 0 Å². The second kappa shape index (κ2) is 6.35. The summed E-state index contributed by atoms with van der Waals surface area (Å²) in [5.74, 6) is -0.284. The zero-order valence-electron chi connectivity index (χ0n) is 10.3. The topological polar surface area (TPSA) is 74.8 Å². The number of nitrogens with one attached hydrogen (secondary N) is 2. The summed E-state index contributed by atoms with van der Waals surface area (Å²) in [6.07, 6.45) is -5.81. The van der Waals surface area contributed by atoms with E-state index in [1.807, 2.05) is 0 Å². The Labute approximate surface area is 107 Å². The third kappa shape index (κ3) is 6.58. The van der Waals surface area contributed by atoms with E-state index in [4.69, 9.17) is 0 Å². The molecule has 0 bridgehead atoms. The Morgan fingerprint density at radius 2 is 2.16 bits per heavy atom. The number of amides is 1. The maximum atomic E-state index is 11.9. The van der Waals surface area contributed by atoms with E-state index in [9.17, 15) is 22.8 Å². The Bertz CT molecular complexity index is 497. The van der Waals surface area contributed by atoms with E-state index in [1.165, 1.54) is 6.07 Å². The summed E-state index contributed by atoms with van der Waals surface area (Å²) < 4.78 is 35.6. The minimum Gasteiger partial charge on any atom is -0.356 e. The van der Waals surface area contributed by atoms with E-state index in [2.05, 4.69) is 15.3 Å². The molecule has 0 radical (unpaired) electrons. The monoisotopic (exact) mass is 277 g/mol. The van der Waals surface area contributed by atoms with Gasteiger partial charge in [0.05, 0.1) is 6.42 Å². The molecule has 0 aliphatic rings. The van der Waals surface area contributed by atoms with E-state index in [-0.39, 0.29) is 18.5 Å². The second-order valence-electron chi connectivity index (χ2n) is 4.05. The molecule has 0 aromatic carbocycles. The Morgan fingerprint density at radius 3 is 2.74 bits per heavy atom. The molecule has 1 aromatic heterocycles. The highest BCUT2D eigenvalue weighted by Gasteiger charge is 2.27. The maximum absolute atomic E-state index is 11.9. The number of H-pyrrole nitrogens is 1. The van der Waals surface area contributed by atoms with Gasteiger partial charge in [0.25, 0.3) is 5.56 Å². The standard InChI is InChI=1S/C11H14F3N3O2/c1-7-6-10(19)17-8(16-7)3-5-15-9(18)2-4-11(12,13)14/h6H,2-5H2,1H3,(H,15,18)(H,16,17,19). The molecule has 106 valence electrons. The summed E-state index contributed by atoms with van der Waals surface area (Å²) in [5.41, 5.74) is 0.244. The highest BCUT2D eigenvalue weighted by atomic mass is 19.4. The maximum Gasteiger partial charge on any atom is 0.389 e. The molecule has 2 N–H and O–H groups in total. The van der Waals surface area contributed by atoms with Crippen molar-refractivity contribution in [3.8, 4) is 0 Å². The summed E-state index contributed by atoms with van der Waals surface area (Å²) in [6.45, 7) is 1.78. The molecule has 5 nitrogen and oxygen atoms in total. The van der Waals surface area contributed by atoms with Gasteiger partial charge in [-0.05, 0) is 6.92 Å². The highest BCUT2D eigenvalue weighted by Crippen LogP contribution is 2.20. The van der Waals surface area contributed by atoms with Gasteiger partial charge in [-0.25, -0.2) is 4.98 Å². The first kappa shape index (κ1) is 15.2. The lowest BCUT2D eigenvalue weighted by Crippen LogP contribution is -2.28. The van der Waals surface area contributed by atoms with Gasteiger partial charge in [-0.15, -0.1) is 0 Å². The van der Waals surface area contributed by atoms with E-state index in [0.29, 0.717) is 11.5 Å². The Hall–Kier alpha value is -1.86. The predicted molar refractivity (Wildman–Crippen MR) is 61.6 cm³/mol.